The normalized spacial score (nSPS) is 14.3. The molecule has 8 heteroatoms. The van der Waals surface area contributed by atoms with Crippen LogP contribution >= 0.6 is 0 Å². The summed E-state index contributed by atoms with van der Waals surface area (Å²) in [5.41, 5.74) is 0.351. The Labute approximate surface area is 136 Å². The highest BCUT2D eigenvalue weighted by atomic mass is 19.1. The molecule has 24 heavy (non-hydrogen) atoms. The van der Waals surface area contributed by atoms with Crippen LogP contribution in [0.4, 0.5) is 10.1 Å². The molecule has 2 aromatic rings. The maximum Gasteiger partial charge on any atom is 0.274 e. The molecule has 1 aliphatic heterocycles. The number of hydrogen-bond acceptors (Lipinski definition) is 5. The molecule has 1 aromatic heterocycles. The molecule has 1 amide bonds. The summed E-state index contributed by atoms with van der Waals surface area (Å²) < 4.78 is 13.7. The summed E-state index contributed by atoms with van der Waals surface area (Å²) in [7, 11) is 0. The number of benzene rings is 1. The van der Waals surface area contributed by atoms with E-state index in [0.717, 1.165) is 0 Å². The van der Waals surface area contributed by atoms with Crippen molar-refractivity contribution in [2.75, 3.05) is 31.1 Å². The minimum atomic E-state index is -0.550. The molecule has 0 saturated carbocycles. The Bertz CT molecular complexity index is 845. The number of nitriles is 1. The van der Waals surface area contributed by atoms with Crippen molar-refractivity contribution in [3.63, 3.8) is 0 Å². The summed E-state index contributed by atoms with van der Waals surface area (Å²) in [5, 5.41) is 15.1. The molecule has 0 radical (unpaired) electrons. The van der Waals surface area contributed by atoms with Crippen molar-refractivity contribution in [2.24, 2.45) is 0 Å². The van der Waals surface area contributed by atoms with Crippen LogP contribution in [0.15, 0.2) is 35.1 Å². The van der Waals surface area contributed by atoms with Crippen LogP contribution < -0.4 is 10.5 Å². The maximum atomic E-state index is 13.7. The Morgan fingerprint density at radius 2 is 1.96 bits per heavy atom. The molecule has 0 spiro atoms. The van der Waals surface area contributed by atoms with Crippen LogP contribution in [0.5, 0.6) is 0 Å². The number of aromatic nitrogens is 2. The number of amides is 1. The second-order valence-corrected chi connectivity index (χ2v) is 5.33. The number of anilines is 1. The number of carbonyl (C=O) groups excluding carboxylic acids is 1. The smallest absolute Gasteiger partial charge is 0.274 e. The molecule has 0 bridgehead atoms. The van der Waals surface area contributed by atoms with Gasteiger partial charge in [-0.15, -0.1) is 0 Å². The number of carbonyl (C=O) groups is 1. The van der Waals surface area contributed by atoms with E-state index in [-0.39, 0.29) is 22.7 Å². The molecule has 122 valence electrons. The number of nitrogens with zero attached hydrogens (tertiary/aromatic N) is 4. The molecule has 1 N–H and O–H groups in total. The fraction of sp³-hybridized carbons (Fsp3) is 0.250. The topological polar surface area (TPSA) is 93.1 Å². The molecule has 7 nitrogen and oxygen atoms in total. The zero-order valence-electron chi connectivity index (χ0n) is 12.7. The monoisotopic (exact) mass is 327 g/mol. The van der Waals surface area contributed by atoms with Crippen LogP contribution in [0.3, 0.4) is 0 Å². The van der Waals surface area contributed by atoms with Gasteiger partial charge in [0.25, 0.3) is 11.5 Å². The van der Waals surface area contributed by atoms with Crippen LogP contribution in [0.2, 0.25) is 0 Å². The number of halogens is 1. The van der Waals surface area contributed by atoms with Gasteiger partial charge < -0.3 is 9.80 Å². The predicted molar refractivity (Wildman–Crippen MR) is 84.1 cm³/mol. The second kappa shape index (κ2) is 6.50. The lowest BCUT2D eigenvalue weighted by Crippen LogP contribution is -2.49. The number of aromatic amines is 1. The van der Waals surface area contributed by atoms with Gasteiger partial charge in [-0.3, -0.25) is 9.59 Å². The zero-order valence-corrected chi connectivity index (χ0v) is 12.7. The molecule has 1 aromatic carbocycles. The van der Waals surface area contributed by atoms with Crippen LogP contribution in [0.1, 0.15) is 16.1 Å². The first-order valence-corrected chi connectivity index (χ1v) is 7.38. The van der Waals surface area contributed by atoms with Gasteiger partial charge in [0.05, 0.1) is 5.69 Å². The Kier molecular flexibility index (Phi) is 4.24. The van der Waals surface area contributed by atoms with Crippen molar-refractivity contribution >= 4 is 11.6 Å². The Hall–Kier alpha value is -3.21. The van der Waals surface area contributed by atoms with E-state index in [1.54, 1.807) is 17.0 Å². The van der Waals surface area contributed by atoms with Crippen molar-refractivity contribution < 1.29 is 9.18 Å². The van der Waals surface area contributed by atoms with Gasteiger partial charge in [0.2, 0.25) is 0 Å². The average molecular weight is 327 g/mol. The third kappa shape index (κ3) is 2.96. The maximum absolute atomic E-state index is 13.7. The summed E-state index contributed by atoms with van der Waals surface area (Å²) in [4.78, 5) is 26.8. The largest absolute Gasteiger partial charge is 0.367 e. The van der Waals surface area contributed by atoms with Gasteiger partial charge in [0.1, 0.15) is 23.1 Å². The van der Waals surface area contributed by atoms with Gasteiger partial charge in [0.15, 0.2) is 0 Å². The molecule has 1 saturated heterocycles. The van der Waals surface area contributed by atoms with Crippen LogP contribution in [-0.4, -0.2) is 47.2 Å². The highest BCUT2D eigenvalue weighted by Crippen LogP contribution is 2.23. The van der Waals surface area contributed by atoms with E-state index in [4.69, 9.17) is 5.26 Å². The van der Waals surface area contributed by atoms with E-state index in [2.05, 4.69) is 10.2 Å². The van der Waals surface area contributed by atoms with E-state index in [1.165, 1.54) is 18.2 Å². The highest BCUT2D eigenvalue weighted by molar-refractivity contribution is 5.92. The van der Waals surface area contributed by atoms with Gasteiger partial charge in [-0.25, -0.2) is 9.49 Å². The van der Waals surface area contributed by atoms with E-state index in [1.807, 2.05) is 11.0 Å². The minimum absolute atomic E-state index is 0.0135. The number of hydrogen-bond donors (Lipinski definition) is 1. The first-order valence-electron chi connectivity index (χ1n) is 7.38. The van der Waals surface area contributed by atoms with Gasteiger partial charge in [-0.2, -0.15) is 10.4 Å². The highest BCUT2D eigenvalue weighted by Gasteiger charge is 2.25. The summed E-state index contributed by atoms with van der Waals surface area (Å²) in [6, 6.07) is 9.03. The lowest BCUT2D eigenvalue weighted by atomic mass is 10.1. The summed E-state index contributed by atoms with van der Waals surface area (Å²) >= 11 is 0. The molecule has 0 unspecified atom stereocenters. The lowest BCUT2D eigenvalue weighted by Gasteiger charge is -2.36. The van der Waals surface area contributed by atoms with Crippen molar-refractivity contribution in [3.8, 4) is 6.07 Å². The van der Waals surface area contributed by atoms with Crippen LogP contribution in [0.25, 0.3) is 0 Å². The second-order valence-electron chi connectivity index (χ2n) is 5.33. The van der Waals surface area contributed by atoms with Crippen LogP contribution in [0, 0.1) is 17.1 Å². The molecular formula is C16H14FN5O2. The quantitative estimate of drug-likeness (QED) is 0.878. The molecular weight excluding hydrogens is 313 g/mol. The van der Waals surface area contributed by atoms with Gasteiger partial charge >= 0.3 is 0 Å². The minimum Gasteiger partial charge on any atom is -0.367 e. The number of nitrogens with one attached hydrogen (secondary N) is 1. The average Bonchev–Trinajstić information content (AvgIpc) is 2.62. The predicted octanol–water partition coefficient (Wildman–Crippen LogP) is 0.743. The fourth-order valence-corrected chi connectivity index (χ4v) is 2.66. The Morgan fingerprint density at radius 3 is 2.58 bits per heavy atom. The van der Waals surface area contributed by atoms with E-state index in [9.17, 15) is 14.0 Å². The first kappa shape index (κ1) is 15.7. The zero-order chi connectivity index (χ0) is 17.1. The summed E-state index contributed by atoms with van der Waals surface area (Å²) in [6.45, 7) is 1.79. The molecule has 3 rings (SSSR count). The first-order chi connectivity index (χ1) is 11.6. The summed E-state index contributed by atoms with van der Waals surface area (Å²) in [5.74, 6) is -0.823. The lowest BCUT2D eigenvalue weighted by molar-refractivity contribution is 0.0739. The SMILES string of the molecule is N#Cc1c(F)cccc1N1CCN(C(=O)c2ccc(=O)[nH]n2)CC1. The van der Waals surface area contributed by atoms with Crippen molar-refractivity contribution in [2.45, 2.75) is 0 Å². The van der Waals surface area contributed by atoms with Gasteiger partial charge in [0, 0.05) is 32.2 Å². The third-order valence-corrected chi connectivity index (χ3v) is 3.91. The van der Waals surface area contributed by atoms with Crippen molar-refractivity contribution in [1.29, 1.82) is 5.26 Å². The Balaban J connectivity index is 1.71. The Morgan fingerprint density at radius 1 is 1.21 bits per heavy atom. The summed E-state index contributed by atoms with van der Waals surface area (Å²) in [6.07, 6.45) is 0. The molecule has 1 fully saturated rings. The standard InChI is InChI=1S/C16H14FN5O2/c17-12-2-1-3-14(11(12)10-18)21-6-8-22(9-7-21)16(24)13-4-5-15(23)20-19-13/h1-5H,6-9H2,(H,20,23). The molecule has 1 aliphatic rings. The third-order valence-electron chi connectivity index (χ3n) is 3.91. The van der Waals surface area contributed by atoms with Crippen LogP contribution in [-0.2, 0) is 0 Å². The molecule has 0 aliphatic carbocycles. The molecule has 2 heterocycles. The van der Waals surface area contributed by atoms with E-state index in [0.29, 0.717) is 31.9 Å². The van der Waals surface area contributed by atoms with Gasteiger partial charge in [-0.05, 0) is 18.2 Å². The number of H-pyrrole nitrogens is 1. The van der Waals surface area contributed by atoms with Gasteiger partial charge in [-0.1, -0.05) is 6.07 Å². The van der Waals surface area contributed by atoms with Crippen molar-refractivity contribution in [3.05, 3.63) is 57.8 Å². The van der Waals surface area contributed by atoms with E-state index < -0.39 is 5.82 Å². The molecule has 0 atom stereocenters. The number of piperazine rings is 1. The van der Waals surface area contributed by atoms with E-state index >= 15 is 0 Å². The number of rotatable bonds is 2. The fourth-order valence-electron chi connectivity index (χ4n) is 2.66. The van der Waals surface area contributed by atoms with Crippen molar-refractivity contribution in [1.82, 2.24) is 15.1 Å².